The van der Waals surface area contributed by atoms with Gasteiger partial charge >= 0.3 is 0 Å². The van der Waals surface area contributed by atoms with Crippen LogP contribution >= 0.6 is 0 Å². The molecule has 1 aromatic carbocycles. The van der Waals surface area contributed by atoms with E-state index in [9.17, 15) is 4.79 Å². The molecule has 2 heteroatoms. The summed E-state index contributed by atoms with van der Waals surface area (Å²) in [5, 5.41) is 3.19. The minimum Gasteiger partial charge on any atom is -0.316 e. The lowest BCUT2D eigenvalue weighted by atomic mass is 9.94. The maximum atomic E-state index is 11.7. The Morgan fingerprint density at radius 1 is 1.33 bits per heavy atom. The van der Waals surface area contributed by atoms with Crippen LogP contribution in [0.5, 0.6) is 0 Å². The van der Waals surface area contributed by atoms with Crippen LogP contribution in [0.3, 0.4) is 0 Å². The van der Waals surface area contributed by atoms with Gasteiger partial charge in [0.1, 0.15) is 5.78 Å². The molecule has 1 heterocycles. The summed E-state index contributed by atoms with van der Waals surface area (Å²) in [6.45, 7) is 4.09. The zero-order valence-electron chi connectivity index (χ0n) is 9.12. The van der Waals surface area contributed by atoms with Crippen molar-refractivity contribution in [2.75, 3.05) is 13.1 Å². The molecule has 0 aromatic heterocycles. The summed E-state index contributed by atoms with van der Waals surface area (Å²) in [5.74, 6) is 0.952. The van der Waals surface area contributed by atoms with Crippen molar-refractivity contribution < 1.29 is 4.79 Å². The fourth-order valence-electron chi connectivity index (χ4n) is 1.82. The maximum Gasteiger partial charge on any atom is 0.137 e. The van der Waals surface area contributed by atoms with E-state index in [2.05, 4.69) is 24.4 Å². The quantitative estimate of drug-likeness (QED) is 0.807. The normalized spacial score (nSPS) is 16.1. The molecular weight excluding hydrogens is 186 g/mol. The van der Waals surface area contributed by atoms with Gasteiger partial charge in [0.25, 0.3) is 0 Å². The highest BCUT2D eigenvalue weighted by Crippen LogP contribution is 2.12. The van der Waals surface area contributed by atoms with Gasteiger partial charge in [-0.25, -0.2) is 0 Å². The van der Waals surface area contributed by atoms with Gasteiger partial charge in [0, 0.05) is 12.8 Å². The third-order valence-corrected chi connectivity index (χ3v) is 2.90. The molecule has 0 atom stereocenters. The Bertz CT molecular complexity index is 338. The molecule has 0 radical (unpaired) electrons. The van der Waals surface area contributed by atoms with Gasteiger partial charge in [0.05, 0.1) is 0 Å². The summed E-state index contributed by atoms with van der Waals surface area (Å²) in [7, 11) is 0. The Kier molecular flexibility index (Phi) is 3.17. The van der Waals surface area contributed by atoms with Gasteiger partial charge in [-0.1, -0.05) is 29.8 Å². The van der Waals surface area contributed by atoms with Crippen molar-refractivity contribution in [1.29, 1.82) is 0 Å². The fraction of sp³-hybridized carbons (Fsp3) is 0.462. The second kappa shape index (κ2) is 4.58. The Labute approximate surface area is 90.7 Å². The maximum absolute atomic E-state index is 11.7. The molecule has 0 bridgehead atoms. The van der Waals surface area contributed by atoms with E-state index in [1.54, 1.807) is 0 Å². The van der Waals surface area contributed by atoms with Crippen LogP contribution in [0.25, 0.3) is 0 Å². The van der Waals surface area contributed by atoms with E-state index in [-0.39, 0.29) is 0 Å². The van der Waals surface area contributed by atoms with Crippen molar-refractivity contribution in [3.8, 4) is 0 Å². The van der Waals surface area contributed by atoms with E-state index in [0.29, 0.717) is 18.1 Å². The van der Waals surface area contributed by atoms with E-state index in [0.717, 1.165) is 25.1 Å². The van der Waals surface area contributed by atoms with Crippen LogP contribution in [0.4, 0.5) is 0 Å². The Balaban J connectivity index is 1.84. The first-order valence-corrected chi connectivity index (χ1v) is 5.52. The zero-order valence-corrected chi connectivity index (χ0v) is 9.12. The van der Waals surface area contributed by atoms with Gasteiger partial charge in [-0.3, -0.25) is 4.79 Å². The van der Waals surface area contributed by atoms with Crippen LogP contribution in [0.15, 0.2) is 24.3 Å². The van der Waals surface area contributed by atoms with Crippen LogP contribution in [-0.4, -0.2) is 18.9 Å². The van der Waals surface area contributed by atoms with E-state index >= 15 is 0 Å². The first-order valence-electron chi connectivity index (χ1n) is 5.52. The standard InChI is InChI=1S/C13H17NO/c1-10-2-4-11(5-3-10)6-13(15)7-12-8-14-9-12/h2-5,12,14H,6-9H2,1H3. The summed E-state index contributed by atoms with van der Waals surface area (Å²) >= 11 is 0. The smallest absolute Gasteiger partial charge is 0.137 e. The summed E-state index contributed by atoms with van der Waals surface area (Å²) in [6, 6.07) is 8.22. The third-order valence-electron chi connectivity index (χ3n) is 2.90. The number of ketones is 1. The highest BCUT2D eigenvalue weighted by atomic mass is 16.1. The lowest BCUT2D eigenvalue weighted by molar-refractivity contribution is -0.119. The largest absolute Gasteiger partial charge is 0.316 e. The molecule has 2 rings (SSSR count). The number of rotatable bonds is 4. The van der Waals surface area contributed by atoms with Gasteiger partial charge in [-0.2, -0.15) is 0 Å². The van der Waals surface area contributed by atoms with Crippen molar-refractivity contribution in [3.05, 3.63) is 35.4 Å². The lowest BCUT2D eigenvalue weighted by Crippen LogP contribution is -2.43. The molecule has 0 spiro atoms. The average Bonchev–Trinajstić information content (AvgIpc) is 2.16. The summed E-state index contributed by atoms with van der Waals surface area (Å²) < 4.78 is 0. The zero-order chi connectivity index (χ0) is 10.7. The Morgan fingerprint density at radius 2 is 2.00 bits per heavy atom. The number of Topliss-reactive ketones (excluding diaryl/α,β-unsaturated/α-hetero) is 1. The van der Waals surface area contributed by atoms with Crippen molar-refractivity contribution in [3.63, 3.8) is 0 Å². The van der Waals surface area contributed by atoms with Crippen LogP contribution in [0.1, 0.15) is 17.5 Å². The first kappa shape index (κ1) is 10.4. The minimum absolute atomic E-state index is 0.366. The molecule has 1 N–H and O–H groups in total. The molecule has 2 nitrogen and oxygen atoms in total. The second-order valence-corrected chi connectivity index (χ2v) is 4.43. The van der Waals surface area contributed by atoms with E-state index < -0.39 is 0 Å². The highest BCUT2D eigenvalue weighted by Gasteiger charge is 2.19. The molecule has 1 saturated heterocycles. The Hall–Kier alpha value is -1.15. The predicted molar refractivity (Wildman–Crippen MR) is 60.9 cm³/mol. The van der Waals surface area contributed by atoms with Crippen LogP contribution in [0, 0.1) is 12.8 Å². The summed E-state index contributed by atoms with van der Waals surface area (Å²) in [5.41, 5.74) is 2.38. The number of hydrogen-bond acceptors (Lipinski definition) is 2. The van der Waals surface area contributed by atoms with Gasteiger partial charge in [-0.05, 0) is 31.5 Å². The van der Waals surface area contributed by atoms with E-state index in [1.165, 1.54) is 5.56 Å². The molecule has 1 aliphatic heterocycles. The third kappa shape index (κ3) is 2.90. The van der Waals surface area contributed by atoms with Gasteiger partial charge < -0.3 is 5.32 Å². The topological polar surface area (TPSA) is 29.1 Å². The first-order chi connectivity index (χ1) is 7.24. The molecule has 0 unspecified atom stereocenters. The molecule has 1 aromatic rings. The van der Waals surface area contributed by atoms with E-state index in [4.69, 9.17) is 0 Å². The number of nitrogens with one attached hydrogen (secondary N) is 1. The van der Waals surface area contributed by atoms with Crippen molar-refractivity contribution in [2.45, 2.75) is 19.8 Å². The van der Waals surface area contributed by atoms with Crippen LogP contribution in [0.2, 0.25) is 0 Å². The van der Waals surface area contributed by atoms with Gasteiger partial charge in [0.15, 0.2) is 0 Å². The van der Waals surface area contributed by atoms with Crippen LogP contribution in [-0.2, 0) is 11.2 Å². The highest BCUT2D eigenvalue weighted by molar-refractivity contribution is 5.81. The molecule has 1 fully saturated rings. The molecule has 80 valence electrons. The van der Waals surface area contributed by atoms with Crippen molar-refractivity contribution in [2.24, 2.45) is 5.92 Å². The lowest BCUT2D eigenvalue weighted by Gasteiger charge is -2.26. The van der Waals surface area contributed by atoms with E-state index in [1.807, 2.05) is 12.1 Å². The molecule has 0 aliphatic carbocycles. The monoisotopic (exact) mass is 203 g/mol. The molecular formula is C13H17NO. The SMILES string of the molecule is Cc1ccc(CC(=O)CC2CNC2)cc1. The number of carbonyl (C=O) groups excluding carboxylic acids is 1. The fourth-order valence-corrected chi connectivity index (χ4v) is 1.82. The molecule has 15 heavy (non-hydrogen) atoms. The number of benzene rings is 1. The van der Waals surface area contributed by atoms with Crippen LogP contribution < -0.4 is 5.32 Å². The molecule has 0 amide bonds. The summed E-state index contributed by atoms with van der Waals surface area (Å²) in [4.78, 5) is 11.7. The van der Waals surface area contributed by atoms with Gasteiger partial charge in [0.2, 0.25) is 0 Å². The minimum atomic E-state index is 0.366. The second-order valence-electron chi connectivity index (χ2n) is 4.43. The number of aryl methyl sites for hydroxylation is 1. The van der Waals surface area contributed by atoms with Crippen molar-refractivity contribution >= 4 is 5.78 Å². The van der Waals surface area contributed by atoms with Gasteiger partial charge in [-0.15, -0.1) is 0 Å². The molecule has 1 aliphatic rings. The Morgan fingerprint density at radius 3 is 2.53 bits per heavy atom. The molecule has 0 saturated carbocycles. The average molecular weight is 203 g/mol. The number of hydrogen-bond donors (Lipinski definition) is 1. The predicted octanol–water partition coefficient (Wildman–Crippen LogP) is 1.72. The number of carbonyl (C=O) groups is 1. The summed E-state index contributed by atoms with van der Waals surface area (Å²) in [6.07, 6.45) is 1.33. The van der Waals surface area contributed by atoms with Crippen molar-refractivity contribution in [1.82, 2.24) is 5.32 Å².